The summed E-state index contributed by atoms with van der Waals surface area (Å²) in [5.41, 5.74) is 10.2. The summed E-state index contributed by atoms with van der Waals surface area (Å²) in [5.74, 6) is 1.53. The fourth-order valence-corrected chi connectivity index (χ4v) is 2.38. The Labute approximate surface area is 113 Å². The van der Waals surface area contributed by atoms with Gasteiger partial charge in [0.05, 0.1) is 31.9 Å². The number of nitrogens with zero attached hydrogens (tertiary/aromatic N) is 2. The first-order chi connectivity index (χ1) is 9.71. The third-order valence-electron chi connectivity index (χ3n) is 3.15. The average molecular weight is 272 g/mol. The quantitative estimate of drug-likeness (QED) is 0.530. The van der Waals surface area contributed by atoms with Crippen LogP contribution in [0.25, 0.3) is 27.5 Å². The fraction of sp³-hybridized carbons (Fsp3) is 0.214. The summed E-state index contributed by atoms with van der Waals surface area (Å²) in [7, 11) is 3.06. The first kappa shape index (κ1) is 12.3. The van der Waals surface area contributed by atoms with E-state index in [-0.39, 0.29) is 0 Å². The number of hydrogen-bond donors (Lipinski definition) is 0. The molecule has 3 rings (SSSR count). The maximum atomic E-state index is 9.23. The van der Waals surface area contributed by atoms with Gasteiger partial charge in [0.15, 0.2) is 16.6 Å². The standard InChI is InChI=1S/C14H12N2O4/c1-7-6-9(16-15)10-11(17-2)8-4-5-19-12(8)14(18-3)13(10)20-7/h4-6H,1-3H3. The number of hydrogen-bond acceptors (Lipinski definition) is 4. The molecule has 0 saturated heterocycles. The lowest BCUT2D eigenvalue weighted by Gasteiger charge is -2.09. The first-order valence-electron chi connectivity index (χ1n) is 5.95. The van der Waals surface area contributed by atoms with Crippen molar-refractivity contribution in [2.75, 3.05) is 14.2 Å². The highest BCUT2D eigenvalue weighted by Gasteiger charge is 2.23. The van der Waals surface area contributed by atoms with Crippen LogP contribution in [-0.4, -0.2) is 19.0 Å². The molecule has 0 unspecified atom stereocenters. The molecule has 0 radical (unpaired) electrons. The van der Waals surface area contributed by atoms with Crippen molar-refractivity contribution in [2.24, 2.45) is 0 Å². The highest BCUT2D eigenvalue weighted by molar-refractivity contribution is 6.06. The van der Waals surface area contributed by atoms with Crippen molar-refractivity contribution in [3.63, 3.8) is 0 Å². The number of fused-ring (bicyclic) bond motifs is 2. The molecular formula is C14H12N2O4. The third kappa shape index (κ3) is 1.52. The summed E-state index contributed by atoms with van der Waals surface area (Å²) < 4.78 is 22.0. The van der Waals surface area contributed by atoms with Gasteiger partial charge in [-0.15, -0.1) is 0 Å². The van der Waals surface area contributed by atoms with Crippen molar-refractivity contribution in [1.82, 2.24) is 0 Å². The monoisotopic (exact) mass is 272 g/mol. The highest BCUT2D eigenvalue weighted by atomic mass is 16.5. The molecule has 20 heavy (non-hydrogen) atoms. The van der Waals surface area contributed by atoms with Gasteiger partial charge in [0.2, 0.25) is 5.75 Å². The maximum Gasteiger partial charge on any atom is 0.333 e. The second kappa shape index (κ2) is 4.43. The summed E-state index contributed by atoms with van der Waals surface area (Å²) >= 11 is 0. The number of rotatable bonds is 2. The van der Waals surface area contributed by atoms with Gasteiger partial charge in [-0.25, -0.2) is 0 Å². The van der Waals surface area contributed by atoms with Crippen LogP contribution >= 0.6 is 0 Å². The molecule has 0 aliphatic carbocycles. The molecule has 0 fully saturated rings. The van der Waals surface area contributed by atoms with E-state index in [0.29, 0.717) is 39.2 Å². The molecular weight excluding hydrogens is 260 g/mol. The molecule has 2 aromatic heterocycles. The van der Waals surface area contributed by atoms with E-state index in [4.69, 9.17) is 18.3 Å². The van der Waals surface area contributed by atoms with Gasteiger partial charge in [0.25, 0.3) is 0 Å². The minimum Gasteiger partial charge on any atom is -0.495 e. The summed E-state index contributed by atoms with van der Waals surface area (Å²) in [4.78, 5) is 3.31. The third-order valence-corrected chi connectivity index (χ3v) is 3.15. The predicted molar refractivity (Wildman–Crippen MR) is 70.6 cm³/mol. The Balaban J connectivity index is 2.74. The van der Waals surface area contributed by atoms with Crippen molar-refractivity contribution < 1.29 is 23.1 Å². The van der Waals surface area contributed by atoms with Crippen LogP contribution in [0.15, 0.2) is 27.2 Å². The van der Waals surface area contributed by atoms with Crippen LogP contribution in [0.5, 0.6) is 11.5 Å². The molecule has 0 aliphatic rings. The fourth-order valence-electron chi connectivity index (χ4n) is 2.38. The molecule has 0 saturated carbocycles. The Bertz CT molecular complexity index is 901. The second-order valence-corrected chi connectivity index (χ2v) is 4.28. The zero-order chi connectivity index (χ0) is 14.3. The van der Waals surface area contributed by atoms with Crippen molar-refractivity contribution in [3.05, 3.63) is 35.0 Å². The lowest BCUT2D eigenvalue weighted by Crippen LogP contribution is -2.07. The first-order valence-corrected chi connectivity index (χ1v) is 5.95. The minimum absolute atomic E-state index is 0.349. The second-order valence-electron chi connectivity index (χ2n) is 4.28. The molecule has 6 nitrogen and oxygen atoms in total. The molecule has 0 spiro atoms. The van der Waals surface area contributed by atoms with E-state index in [1.165, 1.54) is 20.5 Å². The van der Waals surface area contributed by atoms with Crippen LogP contribution in [-0.2, 0) is 0 Å². The zero-order valence-corrected chi connectivity index (χ0v) is 11.3. The van der Waals surface area contributed by atoms with Crippen LogP contribution in [0, 0.1) is 6.92 Å². The number of aryl methyl sites for hydroxylation is 1. The van der Waals surface area contributed by atoms with Crippen LogP contribution < -0.4 is 14.8 Å². The predicted octanol–water partition coefficient (Wildman–Crippen LogP) is 2.64. The van der Waals surface area contributed by atoms with Crippen LogP contribution in [0.1, 0.15) is 5.76 Å². The van der Waals surface area contributed by atoms with E-state index >= 15 is 0 Å². The SMILES string of the molecule is COc1c2occc2c(OC)c2c(=[N+]=[N-])cc(C)oc12. The van der Waals surface area contributed by atoms with E-state index in [1.54, 1.807) is 19.1 Å². The van der Waals surface area contributed by atoms with E-state index < -0.39 is 0 Å². The van der Waals surface area contributed by atoms with Crippen LogP contribution in [0.4, 0.5) is 0 Å². The molecule has 102 valence electrons. The maximum absolute atomic E-state index is 9.23. The summed E-state index contributed by atoms with van der Waals surface area (Å²) in [6, 6.07) is 3.38. The molecule has 6 heteroatoms. The smallest absolute Gasteiger partial charge is 0.333 e. The summed E-state index contributed by atoms with van der Waals surface area (Å²) in [5, 5.41) is 1.61. The molecule has 1 aromatic carbocycles. The van der Waals surface area contributed by atoms with E-state index in [1.807, 2.05) is 0 Å². The Morgan fingerprint density at radius 2 is 1.90 bits per heavy atom. The van der Waals surface area contributed by atoms with Gasteiger partial charge in [-0.1, -0.05) is 0 Å². The zero-order valence-electron chi connectivity index (χ0n) is 11.3. The van der Waals surface area contributed by atoms with Crippen molar-refractivity contribution in [1.29, 1.82) is 0 Å². The molecule has 0 bridgehead atoms. The highest BCUT2D eigenvalue weighted by Crippen LogP contribution is 2.41. The van der Waals surface area contributed by atoms with E-state index in [0.717, 1.165) is 5.39 Å². The topological polar surface area (TPSA) is 81.1 Å². The molecule has 0 N–H and O–H groups in total. The number of ether oxygens (including phenoxy) is 2. The lowest BCUT2D eigenvalue weighted by molar-refractivity contribution is -0.0631. The lowest BCUT2D eigenvalue weighted by atomic mass is 10.1. The number of benzene rings is 1. The largest absolute Gasteiger partial charge is 0.495 e. The van der Waals surface area contributed by atoms with E-state index in [2.05, 4.69) is 4.79 Å². The van der Waals surface area contributed by atoms with Crippen molar-refractivity contribution in [3.8, 4) is 11.5 Å². The summed E-state index contributed by atoms with van der Waals surface area (Å²) in [6.45, 7) is 1.76. The Kier molecular flexibility index (Phi) is 2.73. The van der Waals surface area contributed by atoms with E-state index in [9.17, 15) is 5.53 Å². The normalized spacial score (nSPS) is 10.8. The number of furan rings is 1. The molecule has 0 aliphatic heterocycles. The van der Waals surface area contributed by atoms with Crippen LogP contribution in [0.2, 0.25) is 0 Å². The Morgan fingerprint density at radius 1 is 1.15 bits per heavy atom. The van der Waals surface area contributed by atoms with Crippen molar-refractivity contribution in [2.45, 2.75) is 6.92 Å². The minimum atomic E-state index is 0.349. The van der Waals surface area contributed by atoms with Gasteiger partial charge in [0, 0.05) is 0 Å². The molecule has 3 aromatic rings. The van der Waals surface area contributed by atoms with Gasteiger partial charge >= 0.3 is 5.36 Å². The van der Waals surface area contributed by atoms with Gasteiger partial charge in [-0.3, -0.25) is 0 Å². The van der Waals surface area contributed by atoms with Gasteiger partial charge in [-0.2, -0.15) is 4.79 Å². The average Bonchev–Trinajstić information content (AvgIpc) is 2.92. The molecule has 2 heterocycles. The van der Waals surface area contributed by atoms with Crippen molar-refractivity contribution >= 4 is 21.9 Å². The summed E-state index contributed by atoms with van der Waals surface area (Å²) in [6.07, 6.45) is 1.54. The number of methoxy groups -OCH3 is 2. The molecule has 0 amide bonds. The van der Waals surface area contributed by atoms with Gasteiger partial charge in [0.1, 0.15) is 11.5 Å². The Hall–Kier alpha value is -2.72. The van der Waals surface area contributed by atoms with Crippen LogP contribution in [0.3, 0.4) is 0 Å². The van der Waals surface area contributed by atoms with Gasteiger partial charge < -0.3 is 23.8 Å². The van der Waals surface area contributed by atoms with Gasteiger partial charge in [-0.05, 0) is 13.0 Å². The molecule has 0 atom stereocenters. The Morgan fingerprint density at radius 3 is 2.55 bits per heavy atom.